The average molecular weight is 461 g/mol. The molecular formula is C27H28N2O3S. The molecule has 170 valence electrons. The molecule has 6 heteroatoms. The van der Waals surface area contributed by atoms with Crippen LogP contribution < -0.4 is 15.4 Å². The van der Waals surface area contributed by atoms with Gasteiger partial charge in [-0.15, -0.1) is 11.3 Å². The third kappa shape index (κ3) is 4.27. The van der Waals surface area contributed by atoms with E-state index in [0.717, 1.165) is 35.4 Å². The van der Waals surface area contributed by atoms with E-state index in [1.807, 2.05) is 18.2 Å². The van der Waals surface area contributed by atoms with Crippen LogP contribution in [0.2, 0.25) is 0 Å². The van der Waals surface area contributed by atoms with Crippen molar-refractivity contribution >= 4 is 28.2 Å². The number of carbonyl (C=O) groups is 2. The van der Waals surface area contributed by atoms with Crippen LogP contribution in [0.25, 0.3) is 0 Å². The number of esters is 1. The third-order valence-electron chi connectivity index (χ3n) is 6.68. The van der Waals surface area contributed by atoms with E-state index in [-0.39, 0.29) is 17.5 Å². The standard InChI is InChI=1S/C27H28N2O3S/c1-27(2,3)18-12-13-20-21(15-18)33-25-22(20)24(30)28-23(29-25)17-10-7-11-19(14-17)32-26(31)16-8-5-4-6-9-16/h4-11,14,18,23,29H,12-13,15H2,1-3H3,(H,28,30)/t18-,23+/m1/s1. The minimum atomic E-state index is -0.407. The van der Waals surface area contributed by atoms with Gasteiger partial charge in [-0.2, -0.15) is 0 Å². The number of thiophene rings is 1. The molecule has 2 N–H and O–H groups in total. The number of fused-ring (bicyclic) bond motifs is 3. The lowest BCUT2D eigenvalue weighted by Gasteiger charge is -2.34. The van der Waals surface area contributed by atoms with Crippen molar-refractivity contribution in [1.82, 2.24) is 5.32 Å². The highest BCUT2D eigenvalue weighted by atomic mass is 32.1. The van der Waals surface area contributed by atoms with Crippen LogP contribution in [0.5, 0.6) is 5.75 Å². The maximum absolute atomic E-state index is 13.1. The van der Waals surface area contributed by atoms with Gasteiger partial charge in [0.2, 0.25) is 0 Å². The summed E-state index contributed by atoms with van der Waals surface area (Å²) >= 11 is 1.71. The molecule has 3 aromatic rings. The summed E-state index contributed by atoms with van der Waals surface area (Å²) in [5.41, 5.74) is 3.62. The number of amides is 1. The topological polar surface area (TPSA) is 67.4 Å². The van der Waals surface area contributed by atoms with E-state index in [9.17, 15) is 9.59 Å². The number of rotatable bonds is 3. The van der Waals surface area contributed by atoms with Crippen molar-refractivity contribution in [2.75, 3.05) is 5.32 Å². The number of nitrogens with one attached hydrogen (secondary N) is 2. The van der Waals surface area contributed by atoms with Gasteiger partial charge >= 0.3 is 5.97 Å². The molecule has 2 atom stereocenters. The molecule has 0 spiro atoms. The van der Waals surface area contributed by atoms with Crippen molar-refractivity contribution in [1.29, 1.82) is 0 Å². The number of hydrogen-bond acceptors (Lipinski definition) is 5. The van der Waals surface area contributed by atoms with E-state index in [2.05, 4.69) is 31.4 Å². The Labute approximate surface area is 198 Å². The molecule has 0 saturated carbocycles. The Kier molecular flexibility index (Phi) is 5.49. The SMILES string of the molecule is CC(C)(C)[C@@H]1CCc2c(sc3c2C(=O)N[C@H](c2cccc(OC(=O)c4ccccc4)c2)N3)C1. The van der Waals surface area contributed by atoms with Gasteiger partial charge in [0, 0.05) is 4.88 Å². The van der Waals surface area contributed by atoms with Gasteiger partial charge in [0.05, 0.1) is 11.1 Å². The monoisotopic (exact) mass is 460 g/mol. The molecule has 1 aliphatic heterocycles. The predicted molar refractivity (Wildman–Crippen MR) is 131 cm³/mol. The number of carbonyl (C=O) groups excluding carboxylic acids is 2. The van der Waals surface area contributed by atoms with Crippen molar-refractivity contribution in [3.8, 4) is 5.75 Å². The second-order valence-corrected chi connectivity index (χ2v) is 11.0. The van der Waals surface area contributed by atoms with E-state index in [4.69, 9.17) is 4.74 Å². The fourth-order valence-electron chi connectivity index (χ4n) is 4.70. The molecule has 5 rings (SSSR count). The Bertz CT molecular complexity index is 1210. The highest BCUT2D eigenvalue weighted by Crippen LogP contribution is 2.46. The van der Waals surface area contributed by atoms with Gasteiger partial charge in [0.15, 0.2) is 0 Å². The highest BCUT2D eigenvalue weighted by molar-refractivity contribution is 7.16. The first kappa shape index (κ1) is 21.7. The summed E-state index contributed by atoms with van der Waals surface area (Å²) in [6.45, 7) is 6.90. The molecule has 0 saturated heterocycles. The van der Waals surface area contributed by atoms with E-state index in [0.29, 0.717) is 17.2 Å². The third-order valence-corrected chi connectivity index (χ3v) is 7.86. The maximum Gasteiger partial charge on any atom is 0.343 e. The van der Waals surface area contributed by atoms with Crippen molar-refractivity contribution in [3.63, 3.8) is 0 Å². The Morgan fingerprint density at radius 3 is 2.61 bits per heavy atom. The van der Waals surface area contributed by atoms with Gasteiger partial charge in [0.25, 0.3) is 5.91 Å². The van der Waals surface area contributed by atoms with Crippen LogP contribution in [0, 0.1) is 11.3 Å². The van der Waals surface area contributed by atoms with Gasteiger partial charge in [0.1, 0.15) is 16.9 Å². The molecule has 2 heterocycles. The molecule has 0 fully saturated rings. The summed E-state index contributed by atoms with van der Waals surface area (Å²) in [7, 11) is 0. The minimum absolute atomic E-state index is 0.0351. The summed E-state index contributed by atoms with van der Waals surface area (Å²) in [5.74, 6) is 0.629. The molecule has 1 aromatic heterocycles. The zero-order valence-electron chi connectivity index (χ0n) is 19.1. The normalized spacial score (nSPS) is 19.7. The first-order chi connectivity index (χ1) is 15.8. The molecule has 2 aliphatic rings. The second-order valence-electron chi connectivity index (χ2n) is 9.89. The lowest BCUT2D eigenvalue weighted by atomic mass is 9.72. The molecule has 2 aromatic carbocycles. The Morgan fingerprint density at radius 1 is 1.06 bits per heavy atom. The molecule has 5 nitrogen and oxygen atoms in total. The van der Waals surface area contributed by atoms with Crippen molar-refractivity contribution in [2.24, 2.45) is 11.3 Å². The molecule has 1 aliphatic carbocycles. The zero-order chi connectivity index (χ0) is 23.2. The number of hydrogen-bond donors (Lipinski definition) is 2. The summed E-state index contributed by atoms with van der Waals surface area (Å²) in [6.07, 6.45) is 2.72. The zero-order valence-corrected chi connectivity index (χ0v) is 19.9. The van der Waals surface area contributed by atoms with Crippen molar-refractivity contribution < 1.29 is 14.3 Å². The molecule has 0 unspecified atom stereocenters. The largest absolute Gasteiger partial charge is 0.423 e. The van der Waals surface area contributed by atoms with Crippen LogP contribution in [0.3, 0.4) is 0 Å². The van der Waals surface area contributed by atoms with Crippen LogP contribution in [0.4, 0.5) is 5.00 Å². The quantitative estimate of drug-likeness (QED) is 0.373. The molecule has 33 heavy (non-hydrogen) atoms. The maximum atomic E-state index is 13.1. The van der Waals surface area contributed by atoms with Gasteiger partial charge in [-0.25, -0.2) is 4.79 Å². The van der Waals surface area contributed by atoms with Crippen LogP contribution in [-0.2, 0) is 12.8 Å². The average Bonchev–Trinajstić information content (AvgIpc) is 3.17. The van der Waals surface area contributed by atoms with Crippen LogP contribution in [-0.4, -0.2) is 11.9 Å². The van der Waals surface area contributed by atoms with Gasteiger partial charge < -0.3 is 15.4 Å². The van der Waals surface area contributed by atoms with Crippen LogP contribution in [0.15, 0.2) is 54.6 Å². The highest BCUT2D eigenvalue weighted by Gasteiger charge is 2.36. The summed E-state index contributed by atoms with van der Waals surface area (Å²) in [6, 6.07) is 16.2. The Morgan fingerprint density at radius 2 is 1.85 bits per heavy atom. The smallest absolute Gasteiger partial charge is 0.343 e. The molecule has 0 radical (unpaired) electrons. The molecule has 1 amide bonds. The number of anilines is 1. The van der Waals surface area contributed by atoms with Gasteiger partial charge in [-0.1, -0.05) is 51.1 Å². The number of ether oxygens (including phenoxy) is 1. The Hall–Kier alpha value is -3.12. The second kappa shape index (κ2) is 8.34. The van der Waals surface area contributed by atoms with E-state index in [1.54, 1.807) is 47.7 Å². The molecule has 0 bridgehead atoms. The van der Waals surface area contributed by atoms with Crippen LogP contribution >= 0.6 is 11.3 Å². The van der Waals surface area contributed by atoms with E-state index in [1.165, 1.54) is 10.4 Å². The first-order valence-corrected chi connectivity index (χ1v) is 12.2. The van der Waals surface area contributed by atoms with Crippen molar-refractivity contribution in [2.45, 2.75) is 46.2 Å². The van der Waals surface area contributed by atoms with Crippen molar-refractivity contribution in [3.05, 3.63) is 81.7 Å². The summed E-state index contributed by atoms with van der Waals surface area (Å²) in [4.78, 5) is 26.9. The minimum Gasteiger partial charge on any atom is -0.423 e. The number of benzene rings is 2. The van der Waals surface area contributed by atoms with Gasteiger partial charge in [-0.05, 0) is 66.0 Å². The molecular weight excluding hydrogens is 432 g/mol. The first-order valence-electron chi connectivity index (χ1n) is 11.4. The summed E-state index contributed by atoms with van der Waals surface area (Å²) in [5, 5.41) is 7.55. The van der Waals surface area contributed by atoms with Crippen LogP contribution in [0.1, 0.15) is 70.1 Å². The predicted octanol–water partition coefficient (Wildman–Crippen LogP) is 5.97. The van der Waals surface area contributed by atoms with Gasteiger partial charge in [-0.3, -0.25) is 4.79 Å². The summed E-state index contributed by atoms with van der Waals surface area (Å²) < 4.78 is 5.56. The lowest BCUT2D eigenvalue weighted by Crippen LogP contribution is -2.38. The lowest BCUT2D eigenvalue weighted by molar-refractivity contribution is 0.0734. The van der Waals surface area contributed by atoms with E-state index < -0.39 is 5.97 Å². The fraction of sp³-hybridized carbons (Fsp3) is 0.333. The van der Waals surface area contributed by atoms with E-state index >= 15 is 0 Å². The fourth-order valence-corrected chi connectivity index (χ4v) is 6.05. The Balaban J connectivity index is 1.36.